The molecular weight excluding hydrogens is 216 g/mol. The summed E-state index contributed by atoms with van der Waals surface area (Å²) in [5, 5.41) is 9.44. The lowest BCUT2D eigenvalue weighted by atomic mass is 10.1. The molecule has 3 heteroatoms. The van der Waals surface area contributed by atoms with E-state index in [1.54, 1.807) is 6.92 Å². The van der Waals surface area contributed by atoms with Crippen molar-refractivity contribution in [3.63, 3.8) is 0 Å². The van der Waals surface area contributed by atoms with Crippen molar-refractivity contribution in [2.75, 3.05) is 6.61 Å². The summed E-state index contributed by atoms with van der Waals surface area (Å²) < 4.78 is 4.67. The monoisotopic (exact) mass is 232 g/mol. The molecule has 1 aromatic rings. The maximum absolute atomic E-state index is 11.1. The second-order valence-corrected chi connectivity index (χ2v) is 3.50. The van der Waals surface area contributed by atoms with Crippen LogP contribution in [0.4, 0.5) is 0 Å². The normalized spacial score (nSPS) is 11.2. The molecule has 0 heterocycles. The number of carbonyl (C=O) groups excluding carboxylic acids is 1. The van der Waals surface area contributed by atoms with Gasteiger partial charge in [-0.3, -0.25) is 0 Å². The molecule has 1 aromatic carbocycles. The number of hydrogen-bond donors (Lipinski definition) is 1. The van der Waals surface area contributed by atoms with Crippen molar-refractivity contribution in [3.05, 3.63) is 47.7 Å². The Morgan fingerprint density at radius 3 is 2.71 bits per heavy atom. The number of esters is 1. The van der Waals surface area contributed by atoms with Crippen molar-refractivity contribution < 1.29 is 14.6 Å². The van der Waals surface area contributed by atoms with Crippen LogP contribution < -0.4 is 0 Å². The Kier molecular flexibility index (Phi) is 5.21. The highest BCUT2D eigenvalue weighted by molar-refractivity contribution is 5.77. The molecule has 0 saturated heterocycles. The zero-order valence-electron chi connectivity index (χ0n) is 10.0. The molecule has 0 bridgehead atoms. The van der Waals surface area contributed by atoms with E-state index in [0.29, 0.717) is 0 Å². The van der Waals surface area contributed by atoms with Crippen molar-refractivity contribution in [1.29, 1.82) is 0 Å². The first kappa shape index (κ1) is 13.2. The summed E-state index contributed by atoms with van der Waals surface area (Å²) in [5.74, 6) is -0.652. The lowest BCUT2D eigenvalue weighted by Gasteiger charge is -2.03. The van der Waals surface area contributed by atoms with Gasteiger partial charge in [0.1, 0.15) is 0 Å². The number of carbonyl (C=O) groups is 1. The minimum absolute atomic E-state index is 0.255. The minimum Gasteiger partial charge on any atom is -0.464 e. The van der Waals surface area contributed by atoms with Crippen LogP contribution in [-0.4, -0.2) is 23.8 Å². The van der Waals surface area contributed by atoms with Gasteiger partial charge in [0.25, 0.3) is 0 Å². The van der Waals surface area contributed by atoms with Gasteiger partial charge in [0.2, 0.25) is 0 Å². The fourth-order valence-electron chi connectivity index (χ4n) is 1.27. The molecule has 0 fully saturated rings. The van der Waals surface area contributed by atoms with Gasteiger partial charge in [-0.15, -0.1) is 5.73 Å². The minimum atomic E-state index is -1.26. The summed E-state index contributed by atoms with van der Waals surface area (Å²) in [4.78, 5) is 11.1. The molecule has 0 radical (unpaired) electrons. The fraction of sp³-hybridized carbons (Fsp3) is 0.286. The van der Waals surface area contributed by atoms with Crippen LogP contribution >= 0.6 is 0 Å². The van der Waals surface area contributed by atoms with Crippen LogP contribution in [0.5, 0.6) is 0 Å². The molecule has 0 aromatic heterocycles. The van der Waals surface area contributed by atoms with E-state index in [2.05, 4.69) is 10.5 Å². The van der Waals surface area contributed by atoms with Crippen LogP contribution in [0.1, 0.15) is 19.4 Å². The third-order valence-corrected chi connectivity index (χ3v) is 2.19. The summed E-state index contributed by atoms with van der Waals surface area (Å²) in [5.41, 5.74) is 4.73. The van der Waals surface area contributed by atoms with Crippen molar-refractivity contribution in [2.24, 2.45) is 0 Å². The highest BCUT2D eigenvalue weighted by Crippen LogP contribution is 2.10. The molecule has 0 aliphatic carbocycles. The molecule has 0 aliphatic rings. The summed E-state index contributed by atoms with van der Waals surface area (Å²) >= 11 is 0. The Bertz CT molecular complexity index is 428. The standard InChI is InChI=1S/C14H16O3/c1-3-17-14(16)13(15)10-9-11(2)12-7-5-4-6-8-12/h4-8,10,13,15H,3H2,1-2H3/t9?,13-/m0/s1. The maximum atomic E-state index is 11.1. The van der Waals surface area contributed by atoms with Crippen molar-refractivity contribution in [3.8, 4) is 0 Å². The first-order valence-electron chi connectivity index (χ1n) is 5.48. The van der Waals surface area contributed by atoms with Crippen LogP contribution in [-0.2, 0) is 9.53 Å². The van der Waals surface area contributed by atoms with E-state index in [9.17, 15) is 9.90 Å². The molecule has 1 rings (SSSR count). The average molecular weight is 232 g/mol. The molecule has 0 amide bonds. The number of ether oxygens (including phenoxy) is 1. The molecule has 1 N–H and O–H groups in total. The largest absolute Gasteiger partial charge is 0.464 e. The van der Waals surface area contributed by atoms with E-state index < -0.39 is 12.1 Å². The van der Waals surface area contributed by atoms with Gasteiger partial charge >= 0.3 is 5.97 Å². The number of rotatable bonds is 4. The molecule has 0 spiro atoms. The lowest BCUT2D eigenvalue weighted by molar-refractivity contribution is -0.150. The van der Waals surface area contributed by atoms with E-state index >= 15 is 0 Å². The molecule has 0 saturated carbocycles. The fourth-order valence-corrected chi connectivity index (χ4v) is 1.27. The Morgan fingerprint density at radius 2 is 2.12 bits per heavy atom. The van der Waals surface area contributed by atoms with Crippen LogP contribution in [0.25, 0.3) is 5.57 Å². The summed E-state index contributed by atoms with van der Waals surface area (Å²) in [6.45, 7) is 3.81. The Balaban J connectivity index is 2.78. The number of aliphatic hydroxyl groups excluding tert-OH is 1. The Morgan fingerprint density at radius 1 is 1.47 bits per heavy atom. The van der Waals surface area contributed by atoms with Gasteiger partial charge in [0.15, 0.2) is 6.10 Å². The van der Waals surface area contributed by atoms with Gasteiger partial charge in [-0.2, -0.15) is 0 Å². The van der Waals surface area contributed by atoms with Gasteiger partial charge in [0.05, 0.1) is 6.61 Å². The van der Waals surface area contributed by atoms with Crippen LogP contribution in [0.15, 0.2) is 42.1 Å². The van der Waals surface area contributed by atoms with E-state index in [0.717, 1.165) is 11.1 Å². The Hall–Kier alpha value is -1.83. The predicted octanol–water partition coefficient (Wildman–Crippen LogP) is 2.17. The van der Waals surface area contributed by atoms with Gasteiger partial charge in [-0.25, -0.2) is 4.79 Å². The second kappa shape index (κ2) is 6.69. The third-order valence-electron chi connectivity index (χ3n) is 2.19. The smallest absolute Gasteiger partial charge is 0.339 e. The van der Waals surface area contributed by atoms with Crippen molar-refractivity contribution >= 4 is 11.5 Å². The molecule has 0 aliphatic heterocycles. The highest BCUT2D eigenvalue weighted by Gasteiger charge is 2.11. The average Bonchev–Trinajstić information content (AvgIpc) is 2.36. The first-order chi connectivity index (χ1) is 8.15. The SMILES string of the molecule is CCOC(=O)[C@@H](O)C=C=C(C)c1ccccc1. The molecule has 90 valence electrons. The highest BCUT2D eigenvalue weighted by atomic mass is 16.5. The van der Waals surface area contributed by atoms with E-state index in [1.165, 1.54) is 6.08 Å². The molecular formula is C14H16O3. The van der Waals surface area contributed by atoms with Gasteiger partial charge < -0.3 is 9.84 Å². The third kappa shape index (κ3) is 4.27. The Labute approximate surface area is 101 Å². The second-order valence-electron chi connectivity index (χ2n) is 3.50. The van der Waals surface area contributed by atoms with E-state index in [1.807, 2.05) is 37.3 Å². The molecule has 0 unspecified atom stereocenters. The van der Waals surface area contributed by atoms with Gasteiger partial charge in [-0.05, 0) is 31.1 Å². The lowest BCUT2D eigenvalue weighted by Crippen LogP contribution is -2.20. The first-order valence-corrected chi connectivity index (χ1v) is 5.48. The van der Waals surface area contributed by atoms with Crippen LogP contribution in [0.2, 0.25) is 0 Å². The van der Waals surface area contributed by atoms with Crippen LogP contribution in [0.3, 0.4) is 0 Å². The topological polar surface area (TPSA) is 46.5 Å². The summed E-state index contributed by atoms with van der Waals surface area (Å²) in [6, 6.07) is 9.64. The quantitative estimate of drug-likeness (QED) is 0.639. The van der Waals surface area contributed by atoms with Gasteiger partial charge in [0, 0.05) is 0 Å². The predicted molar refractivity (Wildman–Crippen MR) is 66.2 cm³/mol. The number of aliphatic hydroxyl groups is 1. The zero-order chi connectivity index (χ0) is 12.7. The van der Waals surface area contributed by atoms with E-state index in [4.69, 9.17) is 0 Å². The maximum Gasteiger partial charge on any atom is 0.339 e. The van der Waals surface area contributed by atoms with Crippen molar-refractivity contribution in [2.45, 2.75) is 20.0 Å². The summed E-state index contributed by atoms with van der Waals surface area (Å²) in [7, 11) is 0. The van der Waals surface area contributed by atoms with Crippen LogP contribution in [0, 0.1) is 0 Å². The zero-order valence-corrected chi connectivity index (χ0v) is 10.0. The van der Waals surface area contributed by atoms with Crippen molar-refractivity contribution in [1.82, 2.24) is 0 Å². The van der Waals surface area contributed by atoms with Gasteiger partial charge in [-0.1, -0.05) is 30.3 Å². The number of hydrogen-bond acceptors (Lipinski definition) is 3. The number of benzene rings is 1. The molecule has 1 atom stereocenters. The molecule has 3 nitrogen and oxygen atoms in total. The molecule has 17 heavy (non-hydrogen) atoms. The van der Waals surface area contributed by atoms with E-state index in [-0.39, 0.29) is 6.61 Å². The summed E-state index contributed by atoms with van der Waals surface area (Å²) in [6.07, 6.45) is 0.0500.